The van der Waals surface area contributed by atoms with Gasteiger partial charge >= 0.3 is 5.97 Å². The molecular formula is C15H10FN3O3. The van der Waals surface area contributed by atoms with Gasteiger partial charge in [0.2, 0.25) is 5.91 Å². The number of pyridine rings is 2. The molecule has 2 aromatic heterocycles. The Labute approximate surface area is 124 Å². The van der Waals surface area contributed by atoms with Crippen LogP contribution in [-0.4, -0.2) is 27.0 Å². The van der Waals surface area contributed by atoms with Crippen LogP contribution in [0.4, 0.5) is 10.2 Å². The molecule has 1 spiro atoms. The number of amides is 1. The van der Waals surface area contributed by atoms with Crippen molar-refractivity contribution in [2.45, 2.75) is 18.3 Å². The molecule has 1 unspecified atom stereocenters. The van der Waals surface area contributed by atoms with Crippen LogP contribution < -0.4 is 5.32 Å². The van der Waals surface area contributed by atoms with E-state index in [0.29, 0.717) is 35.5 Å². The average Bonchev–Trinajstić information content (AvgIpc) is 2.99. The molecule has 22 heavy (non-hydrogen) atoms. The third-order valence-electron chi connectivity index (χ3n) is 4.30. The molecule has 2 aromatic rings. The second-order valence-electron chi connectivity index (χ2n) is 5.57. The SMILES string of the molecule is O=C(O)c1cnc2c(c1)CC1(C2)C(=O)Nc2ncc(F)cc21. The lowest BCUT2D eigenvalue weighted by Crippen LogP contribution is -2.35. The van der Waals surface area contributed by atoms with Crippen LogP contribution in [0.3, 0.4) is 0 Å². The number of carbonyl (C=O) groups excluding carboxylic acids is 1. The van der Waals surface area contributed by atoms with Crippen LogP contribution in [-0.2, 0) is 23.1 Å². The van der Waals surface area contributed by atoms with Crippen LogP contribution in [0, 0.1) is 5.82 Å². The van der Waals surface area contributed by atoms with Crippen LogP contribution in [0.5, 0.6) is 0 Å². The summed E-state index contributed by atoms with van der Waals surface area (Å²) in [5.74, 6) is -1.47. The second-order valence-corrected chi connectivity index (χ2v) is 5.57. The summed E-state index contributed by atoms with van der Waals surface area (Å²) in [6, 6.07) is 2.83. The topological polar surface area (TPSA) is 92.2 Å². The Morgan fingerprint density at radius 1 is 1.27 bits per heavy atom. The molecule has 2 N–H and O–H groups in total. The van der Waals surface area contributed by atoms with Gasteiger partial charge in [0.1, 0.15) is 11.6 Å². The molecule has 0 radical (unpaired) electrons. The third-order valence-corrected chi connectivity index (χ3v) is 4.30. The van der Waals surface area contributed by atoms with Gasteiger partial charge in [0.05, 0.1) is 17.2 Å². The molecule has 1 aliphatic heterocycles. The Morgan fingerprint density at radius 2 is 2.09 bits per heavy atom. The smallest absolute Gasteiger partial charge is 0.337 e. The van der Waals surface area contributed by atoms with E-state index in [4.69, 9.17) is 5.11 Å². The summed E-state index contributed by atoms with van der Waals surface area (Å²) in [5.41, 5.74) is 1.00. The van der Waals surface area contributed by atoms with Crippen molar-refractivity contribution in [2.24, 2.45) is 0 Å². The van der Waals surface area contributed by atoms with E-state index in [0.717, 1.165) is 6.20 Å². The van der Waals surface area contributed by atoms with Crippen molar-refractivity contribution in [2.75, 3.05) is 5.32 Å². The normalized spacial score (nSPS) is 21.6. The number of hydrogen-bond donors (Lipinski definition) is 2. The molecule has 2 aliphatic rings. The Morgan fingerprint density at radius 3 is 2.86 bits per heavy atom. The quantitative estimate of drug-likeness (QED) is 0.828. The summed E-state index contributed by atoms with van der Waals surface area (Å²) >= 11 is 0. The fourth-order valence-electron chi connectivity index (χ4n) is 3.25. The highest BCUT2D eigenvalue weighted by molar-refractivity contribution is 6.06. The third kappa shape index (κ3) is 1.59. The minimum absolute atomic E-state index is 0.0757. The van der Waals surface area contributed by atoms with E-state index in [9.17, 15) is 14.0 Å². The first-order chi connectivity index (χ1) is 10.5. The highest BCUT2D eigenvalue weighted by Gasteiger charge is 2.52. The number of halogens is 1. The van der Waals surface area contributed by atoms with Gasteiger partial charge in [-0.3, -0.25) is 9.78 Å². The van der Waals surface area contributed by atoms with Crippen molar-refractivity contribution < 1.29 is 19.1 Å². The van der Waals surface area contributed by atoms with Crippen molar-refractivity contribution >= 4 is 17.7 Å². The summed E-state index contributed by atoms with van der Waals surface area (Å²) in [5, 5.41) is 11.7. The van der Waals surface area contributed by atoms with Crippen LogP contribution in [0.2, 0.25) is 0 Å². The molecule has 0 saturated carbocycles. The monoisotopic (exact) mass is 299 g/mol. The zero-order valence-corrected chi connectivity index (χ0v) is 11.3. The number of anilines is 1. The van der Waals surface area contributed by atoms with Gasteiger partial charge < -0.3 is 10.4 Å². The van der Waals surface area contributed by atoms with Crippen LogP contribution in [0.15, 0.2) is 24.5 Å². The summed E-state index contributed by atoms with van der Waals surface area (Å²) < 4.78 is 13.5. The van der Waals surface area contributed by atoms with Crippen LogP contribution >= 0.6 is 0 Å². The number of rotatable bonds is 1. The Bertz CT molecular complexity index is 852. The average molecular weight is 299 g/mol. The van der Waals surface area contributed by atoms with E-state index < -0.39 is 17.2 Å². The zero-order chi connectivity index (χ0) is 15.5. The molecule has 0 saturated heterocycles. The number of carbonyl (C=O) groups is 2. The standard InChI is InChI=1S/C15H10FN3O3/c16-9-2-10-12(18-6-9)19-14(22)15(10)3-7-1-8(13(20)21)5-17-11(7)4-15/h1-2,5-6H,3-4H2,(H,20,21)(H,18,19,22). The van der Waals surface area contributed by atoms with Crippen molar-refractivity contribution in [1.29, 1.82) is 0 Å². The van der Waals surface area contributed by atoms with Crippen molar-refractivity contribution in [3.8, 4) is 0 Å². The van der Waals surface area contributed by atoms with Gasteiger partial charge in [-0.1, -0.05) is 0 Å². The lowest BCUT2D eigenvalue weighted by atomic mass is 9.79. The van der Waals surface area contributed by atoms with E-state index in [2.05, 4.69) is 15.3 Å². The number of carboxylic acids is 1. The first-order valence-corrected chi connectivity index (χ1v) is 6.68. The van der Waals surface area contributed by atoms with Gasteiger partial charge in [0.15, 0.2) is 0 Å². The molecule has 1 aliphatic carbocycles. The lowest BCUT2D eigenvalue weighted by Gasteiger charge is -2.19. The molecule has 1 atom stereocenters. The van der Waals surface area contributed by atoms with Gasteiger partial charge in [-0.25, -0.2) is 14.2 Å². The summed E-state index contributed by atoms with van der Waals surface area (Å²) in [6.45, 7) is 0. The van der Waals surface area contributed by atoms with E-state index in [1.165, 1.54) is 18.3 Å². The number of fused-ring (bicyclic) bond motifs is 3. The fraction of sp³-hybridized carbons (Fsp3) is 0.200. The maximum Gasteiger partial charge on any atom is 0.337 e. The van der Waals surface area contributed by atoms with Crippen molar-refractivity contribution in [1.82, 2.24) is 9.97 Å². The predicted molar refractivity (Wildman–Crippen MR) is 73.1 cm³/mol. The molecule has 7 heteroatoms. The molecule has 4 rings (SSSR count). The first-order valence-electron chi connectivity index (χ1n) is 6.68. The van der Waals surface area contributed by atoms with E-state index in [1.54, 1.807) is 0 Å². The zero-order valence-electron chi connectivity index (χ0n) is 11.3. The maximum atomic E-state index is 13.5. The highest BCUT2D eigenvalue weighted by Crippen LogP contribution is 2.46. The molecule has 0 fully saturated rings. The lowest BCUT2D eigenvalue weighted by molar-refractivity contribution is -0.120. The second kappa shape index (κ2) is 4.09. The number of aromatic carboxylic acids is 1. The van der Waals surface area contributed by atoms with E-state index >= 15 is 0 Å². The van der Waals surface area contributed by atoms with Crippen LogP contribution in [0.25, 0.3) is 0 Å². The molecule has 0 bridgehead atoms. The predicted octanol–water partition coefficient (Wildman–Crippen LogP) is 1.30. The van der Waals surface area contributed by atoms with Gasteiger partial charge in [-0.15, -0.1) is 0 Å². The van der Waals surface area contributed by atoms with Crippen molar-refractivity contribution in [3.63, 3.8) is 0 Å². The van der Waals surface area contributed by atoms with Crippen molar-refractivity contribution in [3.05, 3.63) is 52.7 Å². The Kier molecular flexibility index (Phi) is 2.40. The van der Waals surface area contributed by atoms with Gasteiger partial charge in [-0.2, -0.15) is 0 Å². The van der Waals surface area contributed by atoms with E-state index in [1.807, 2.05) is 0 Å². The number of nitrogens with one attached hydrogen (secondary N) is 1. The molecular weight excluding hydrogens is 289 g/mol. The Hall–Kier alpha value is -2.83. The molecule has 0 aromatic carbocycles. The molecule has 3 heterocycles. The largest absolute Gasteiger partial charge is 0.478 e. The minimum Gasteiger partial charge on any atom is -0.478 e. The number of nitrogens with zero attached hydrogens (tertiary/aromatic N) is 2. The minimum atomic E-state index is -1.07. The number of aromatic nitrogens is 2. The maximum absolute atomic E-state index is 13.5. The Balaban J connectivity index is 1.84. The summed E-state index contributed by atoms with van der Waals surface area (Å²) in [4.78, 5) is 31.5. The fourth-order valence-corrected chi connectivity index (χ4v) is 3.25. The first kappa shape index (κ1) is 12.9. The van der Waals surface area contributed by atoms with Gasteiger partial charge in [-0.05, 0) is 24.1 Å². The van der Waals surface area contributed by atoms with Gasteiger partial charge in [0, 0.05) is 23.9 Å². The molecule has 110 valence electrons. The van der Waals surface area contributed by atoms with Crippen LogP contribution in [0.1, 0.15) is 27.2 Å². The number of carboxylic acid groups (broad SMARTS) is 1. The highest BCUT2D eigenvalue weighted by atomic mass is 19.1. The summed E-state index contributed by atoms with van der Waals surface area (Å²) in [6.07, 6.45) is 2.94. The molecule has 6 nitrogen and oxygen atoms in total. The molecule has 1 amide bonds. The van der Waals surface area contributed by atoms with Gasteiger partial charge in [0.25, 0.3) is 0 Å². The van der Waals surface area contributed by atoms with E-state index in [-0.39, 0.29) is 11.5 Å². The number of hydrogen-bond acceptors (Lipinski definition) is 4. The summed E-state index contributed by atoms with van der Waals surface area (Å²) in [7, 11) is 0.